The lowest BCUT2D eigenvalue weighted by molar-refractivity contribution is 0.281. The number of ether oxygens (including phenoxy) is 2. The van der Waals surface area contributed by atoms with Gasteiger partial charge in [0.1, 0.15) is 6.61 Å². The van der Waals surface area contributed by atoms with E-state index in [9.17, 15) is 0 Å². The highest BCUT2D eigenvalue weighted by Gasteiger charge is 2.07. The number of aromatic nitrogens is 2. The van der Waals surface area contributed by atoms with Crippen molar-refractivity contribution in [3.63, 3.8) is 0 Å². The number of rotatable bonds is 7. The number of benzene rings is 2. The first-order valence-corrected chi connectivity index (χ1v) is 10.3. The zero-order chi connectivity index (χ0) is 19.3. The lowest BCUT2D eigenvalue weighted by atomic mass is 10.2. The van der Waals surface area contributed by atoms with Crippen molar-refractivity contribution < 1.29 is 9.47 Å². The van der Waals surface area contributed by atoms with E-state index < -0.39 is 0 Å². The maximum Gasteiger partial charge on any atom is 0.204 e. The number of hydrazone groups is 1. The number of anilines is 1. The predicted molar refractivity (Wildman–Crippen MR) is 115 cm³/mol. The first kappa shape index (κ1) is 18.4. The van der Waals surface area contributed by atoms with Crippen LogP contribution < -0.4 is 14.9 Å². The molecular formula is C20H18N4O2S2. The zero-order valence-corrected chi connectivity index (χ0v) is 17.0. The SMILES string of the molecule is COc1cc(/C=N\Nc2nc3ccccc3s2)ccc1OCc1csc(C)n1. The highest BCUT2D eigenvalue weighted by molar-refractivity contribution is 7.22. The van der Waals surface area contributed by atoms with Crippen molar-refractivity contribution in [2.75, 3.05) is 12.5 Å². The standard InChI is InChI=1S/C20H18N4O2S2/c1-13-22-15(12-27-13)11-26-17-8-7-14(9-18(17)25-2)10-21-24-20-23-16-5-3-4-6-19(16)28-20/h3-10,12H,11H2,1-2H3,(H,23,24)/b21-10-. The first-order valence-electron chi connectivity index (χ1n) is 8.58. The molecule has 0 saturated carbocycles. The van der Waals surface area contributed by atoms with Crippen molar-refractivity contribution in [1.29, 1.82) is 0 Å². The molecule has 0 atom stereocenters. The summed E-state index contributed by atoms with van der Waals surface area (Å²) < 4.78 is 12.4. The summed E-state index contributed by atoms with van der Waals surface area (Å²) in [7, 11) is 1.62. The number of fused-ring (bicyclic) bond motifs is 1. The number of para-hydroxylation sites is 1. The Hall–Kier alpha value is -2.97. The van der Waals surface area contributed by atoms with Crippen molar-refractivity contribution in [3.8, 4) is 11.5 Å². The summed E-state index contributed by atoms with van der Waals surface area (Å²) >= 11 is 3.17. The molecule has 0 radical (unpaired) electrons. The van der Waals surface area contributed by atoms with Gasteiger partial charge in [-0.1, -0.05) is 23.5 Å². The highest BCUT2D eigenvalue weighted by Crippen LogP contribution is 2.29. The molecule has 4 aromatic rings. The van der Waals surface area contributed by atoms with Crippen molar-refractivity contribution in [3.05, 3.63) is 64.1 Å². The highest BCUT2D eigenvalue weighted by atomic mass is 32.1. The van der Waals surface area contributed by atoms with Gasteiger partial charge in [0.2, 0.25) is 5.13 Å². The van der Waals surface area contributed by atoms with Crippen molar-refractivity contribution in [2.45, 2.75) is 13.5 Å². The molecule has 28 heavy (non-hydrogen) atoms. The molecule has 6 nitrogen and oxygen atoms in total. The lowest BCUT2D eigenvalue weighted by Gasteiger charge is -2.10. The molecule has 0 fully saturated rings. The van der Waals surface area contributed by atoms with Crippen LogP contribution in [0.2, 0.25) is 0 Å². The van der Waals surface area contributed by atoms with Gasteiger partial charge < -0.3 is 9.47 Å². The zero-order valence-electron chi connectivity index (χ0n) is 15.4. The van der Waals surface area contributed by atoms with E-state index in [1.165, 1.54) is 0 Å². The maximum absolute atomic E-state index is 5.84. The Balaban J connectivity index is 1.42. The van der Waals surface area contributed by atoms with Gasteiger partial charge in [-0.15, -0.1) is 11.3 Å². The Morgan fingerprint density at radius 2 is 2.04 bits per heavy atom. The summed E-state index contributed by atoms with van der Waals surface area (Å²) in [5.74, 6) is 1.32. The molecule has 0 spiro atoms. The van der Waals surface area contributed by atoms with Crippen molar-refractivity contribution in [1.82, 2.24) is 9.97 Å². The van der Waals surface area contributed by atoms with Crippen LogP contribution in [-0.2, 0) is 6.61 Å². The average molecular weight is 411 g/mol. The number of thiazole rings is 2. The number of hydrogen-bond donors (Lipinski definition) is 1. The van der Waals surface area contributed by atoms with Gasteiger partial charge in [-0.25, -0.2) is 9.97 Å². The molecule has 2 aromatic heterocycles. The molecule has 142 valence electrons. The molecule has 0 saturated heterocycles. The van der Waals surface area contributed by atoms with Crippen LogP contribution in [0.1, 0.15) is 16.3 Å². The molecule has 2 aromatic carbocycles. The fourth-order valence-corrected chi connectivity index (χ4v) is 4.00. The quantitative estimate of drug-likeness (QED) is 0.339. The lowest BCUT2D eigenvalue weighted by Crippen LogP contribution is -1.99. The summed E-state index contributed by atoms with van der Waals surface area (Å²) in [6.45, 7) is 2.39. The van der Waals surface area contributed by atoms with Gasteiger partial charge in [-0.05, 0) is 42.8 Å². The third kappa shape index (κ3) is 4.29. The largest absolute Gasteiger partial charge is 0.493 e. The van der Waals surface area contributed by atoms with Crippen LogP contribution in [0.5, 0.6) is 11.5 Å². The van der Waals surface area contributed by atoms with Crippen LogP contribution in [0.4, 0.5) is 5.13 Å². The van der Waals surface area contributed by atoms with E-state index in [1.54, 1.807) is 36.0 Å². The molecule has 0 aliphatic rings. The second kappa shape index (κ2) is 8.37. The molecule has 0 amide bonds. The molecule has 8 heteroatoms. The smallest absolute Gasteiger partial charge is 0.204 e. The summed E-state index contributed by atoms with van der Waals surface area (Å²) in [5, 5.41) is 8.05. The van der Waals surface area contributed by atoms with Gasteiger partial charge in [0, 0.05) is 5.38 Å². The number of aryl methyl sites for hydroxylation is 1. The molecule has 0 aliphatic heterocycles. The molecule has 4 rings (SSSR count). The van der Waals surface area contributed by atoms with E-state index in [0.717, 1.165) is 31.6 Å². The number of nitrogens with one attached hydrogen (secondary N) is 1. The van der Waals surface area contributed by atoms with Crippen LogP contribution >= 0.6 is 22.7 Å². The van der Waals surface area contributed by atoms with Crippen molar-refractivity contribution >= 4 is 44.2 Å². The van der Waals surface area contributed by atoms with Gasteiger partial charge in [0.05, 0.1) is 34.2 Å². The predicted octanol–water partition coefficient (Wildman–Crippen LogP) is 5.09. The fraction of sp³-hybridized carbons (Fsp3) is 0.150. The second-order valence-electron chi connectivity index (χ2n) is 5.91. The Labute approximate surface area is 170 Å². The first-order chi connectivity index (χ1) is 13.7. The summed E-state index contributed by atoms with van der Waals surface area (Å²) in [6.07, 6.45) is 1.72. The van der Waals surface area contributed by atoms with Crippen LogP contribution in [0.25, 0.3) is 10.2 Å². The number of nitrogens with zero attached hydrogens (tertiary/aromatic N) is 3. The topological polar surface area (TPSA) is 68.6 Å². The summed E-state index contributed by atoms with van der Waals surface area (Å²) in [6, 6.07) is 13.7. The van der Waals surface area contributed by atoms with Gasteiger partial charge in [-0.3, -0.25) is 5.43 Å². The van der Waals surface area contributed by atoms with E-state index in [1.807, 2.05) is 54.8 Å². The van der Waals surface area contributed by atoms with E-state index in [4.69, 9.17) is 9.47 Å². The van der Waals surface area contributed by atoms with Gasteiger partial charge in [-0.2, -0.15) is 5.10 Å². The van der Waals surface area contributed by atoms with Gasteiger partial charge >= 0.3 is 0 Å². The molecule has 0 aliphatic carbocycles. The minimum absolute atomic E-state index is 0.410. The van der Waals surface area contributed by atoms with Crippen LogP contribution in [0, 0.1) is 6.92 Å². The molecule has 0 bridgehead atoms. The Bertz CT molecular complexity index is 1090. The summed E-state index contributed by atoms with van der Waals surface area (Å²) in [5.41, 5.74) is 5.75. The van der Waals surface area contributed by atoms with E-state index in [2.05, 4.69) is 20.5 Å². The Kier molecular flexibility index (Phi) is 5.50. The Morgan fingerprint density at radius 3 is 2.82 bits per heavy atom. The third-order valence-corrected chi connectivity index (χ3v) is 5.66. The van der Waals surface area contributed by atoms with E-state index in [0.29, 0.717) is 18.1 Å². The molecular weight excluding hydrogens is 392 g/mol. The van der Waals surface area contributed by atoms with Gasteiger partial charge in [0.15, 0.2) is 11.5 Å². The van der Waals surface area contributed by atoms with E-state index in [-0.39, 0.29) is 0 Å². The minimum atomic E-state index is 0.410. The minimum Gasteiger partial charge on any atom is -0.493 e. The normalized spacial score (nSPS) is 11.2. The number of methoxy groups -OCH3 is 1. The molecule has 0 unspecified atom stereocenters. The van der Waals surface area contributed by atoms with Crippen LogP contribution in [0.3, 0.4) is 0 Å². The van der Waals surface area contributed by atoms with E-state index >= 15 is 0 Å². The third-order valence-electron chi connectivity index (χ3n) is 3.90. The van der Waals surface area contributed by atoms with Crippen LogP contribution in [-0.4, -0.2) is 23.3 Å². The fourth-order valence-electron chi connectivity index (χ4n) is 2.59. The van der Waals surface area contributed by atoms with Crippen molar-refractivity contribution in [2.24, 2.45) is 5.10 Å². The number of hydrogen-bond acceptors (Lipinski definition) is 8. The Morgan fingerprint density at radius 1 is 1.14 bits per heavy atom. The summed E-state index contributed by atoms with van der Waals surface area (Å²) in [4.78, 5) is 8.89. The second-order valence-corrected chi connectivity index (χ2v) is 8.01. The van der Waals surface area contributed by atoms with Gasteiger partial charge in [0.25, 0.3) is 0 Å². The average Bonchev–Trinajstić information content (AvgIpc) is 3.32. The maximum atomic E-state index is 5.84. The molecule has 1 N–H and O–H groups in total. The molecule has 2 heterocycles. The van der Waals surface area contributed by atoms with Crippen LogP contribution in [0.15, 0.2) is 52.9 Å². The monoisotopic (exact) mass is 410 g/mol.